The Kier molecular flexibility index (Phi) is 7.50. The van der Waals surface area contributed by atoms with Crippen LogP contribution in [0.25, 0.3) is 10.8 Å². The summed E-state index contributed by atoms with van der Waals surface area (Å²) in [6, 6.07) is 9.44. The first kappa shape index (κ1) is 25.5. The highest BCUT2D eigenvalue weighted by Crippen LogP contribution is 2.39. The number of nitrogens with zero attached hydrogens (tertiary/aromatic N) is 2. The number of ether oxygens (including phenoxy) is 1. The Bertz CT molecular complexity index is 1470. The quantitative estimate of drug-likeness (QED) is 0.254. The zero-order chi connectivity index (χ0) is 25.1. The molecule has 182 valence electrons. The third-order valence-corrected chi connectivity index (χ3v) is 6.99. The molecule has 0 radical (unpaired) electrons. The van der Waals surface area contributed by atoms with E-state index >= 15 is 0 Å². The van der Waals surface area contributed by atoms with Crippen LogP contribution in [0.3, 0.4) is 0 Å². The van der Waals surface area contributed by atoms with Crippen molar-refractivity contribution in [2.45, 2.75) is 16.7 Å². The molecule has 0 heterocycles. The minimum Gasteiger partial charge on any atom is -0.506 e. The highest BCUT2D eigenvalue weighted by atomic mass is 32.2. The molecule has 1 N–H and O–H groups in total. The predicted molar refractivity (Wildman–Crippen MR) is 118 cm³/mol. The number of fused-ring (bicyclic) bond motifs is 1. The SMILES string of the molecule is COOS(=O)(=O)c1ccc2c(/N=N/c3cc(C)c(S(=O)(=O)OOC)cc3OC)c(O)ccc2c1. The molecule has 34 heavy (non-hydrogen) atoms. The fraction of sp³-hybridized carbons (Fsp3) is 0.200. The number of benzene rings is 3. The summed E-state index contributed by atoms with van der Waals surface area (Å²) in [7, 11) is -4.89. The van der Waals surface area contributed by atoms with Gasteiger partial charge in [-0.15, -0.1) is 18.9 Å². The maximum absolute atomic E-state index is 12.2. The van der Waals surface area contributed by atoms with Gasteiger partial charge in [0.25, 0.3) is 0 Å². The van der Waals surface area contributed by atoms with E-state index in [-0.39, 0.29) is 38.2 Å². The minimum absolute atomic E-state index is 0.0493. The molecule has 0 aliphatic heterocycles. The average molecular weight is 513 g/mol. The number of methoxy groups -OCH3 is 1. The second kappa shape index (κ2) is 10.0. The molecule has 0 unspecified atom stereocenters. The van der Waals surface area contributed by atoms with Crippen LogP contribution in [0.1, 0.15) is 5.56 Å². The monoisotopic (exact) mass is 512 g/mol. The van der Waals surface area contributed by atoms with Gasteiger partial charge in [0, 0.05) is 11.5 Å². The van der Waals surface area contributed by atoms with Gasteiger partial charge in [-0.05, 0) is 42.1 Å². The van der Waals surface area contributed by atoms with Gasteiger partial charge < -0.3 is 9.84 Å². The van der Waals surface area contributed by atoms with E-state index in [1.165, 1.54) is 56.5 Å². The van der Waals surface area contributed by atoms with Gasteiger partial charge in [-0.1, -0.05) is 12.1 Å². The van der Waals surface area contributed by atoms with E-state index in [2.05, 4.69) is 28.7 Å². The number of hydrogen-bond acceptors (Lipinski definition) is 12. The van der Waals surface area contributed by atoms with Crippen LogP contribution in [0.15, 0.2) is 62.5 Å². The number of aromatic hydroxyl groups is 1. The van der Waals surface area contributed by atoms with Crippen molar-refractivity contribution in [2.75, 3.05) is 21.3 Å². The van der Waals surface area contributed by atoms with E-state index < -0.39 is 20.2 Å². The molecule has 0 aliphatic carbocycles. The van der Waals surface area contributed by atoms with Gasteiger partial charge in [-0.2, -0.15) is 16.8 Å². The van der Waals surface area contributed by atoms with E-state index in [0.717, 1.165) is 14.2 Å². The van der Waals surface area contributed by atoms with Crippen molar-refractivity contribution in [3.8, 4) is 11.5 Å². The molecule has 0 aliphatic rings. The molecule has 0 atom stereocenters. The first-order valence-corrected chi connectivity index (χ1v) is 12.2. The summed E-state index contributed by atoms with van der Waals surface area (Å²) in [5.41, 5.74) is 0.496. The molecule has 3 aromatic rings. The number of phenolic OH excluding ortho intramolecular Hbond substituents is 1. The molecule has 0 aromatic heterocycles. The minimum atomic E-state index is -4.20. The van der Waals surface area contributed by atoms with Crippen molar-refractivity contribution in [3.05, 3.63) is 48.0 Å². The van der Waals surface area contributed by atoms with Crippen LogP contribution < -0.4 is 4.74 Å². The molecular weight excluding hydrogens is 492 g/mol. The second-order valence-electron chi connectivity index (χ2n) is 6.68. The molecule has 0 spiro atoms. The number of rotatable bonds is 9. The van der Waals surface area contributed by atoms with E-state index in [9.17, 15) is 21.9 Å². The van der Waals surface area contributed by atoms with Crippen LogP contribution in [-0.2, 0) is 38.7 Å². The van der Waals surface area contributed by atoms with E-state index in [1.807, 2.05) is 0 Å². The van der Waals surface area contributed by atoms with Crippen LogP contribution in [-0.4, -0.2) is 43.3 Å². The Labute approximate surface area is 195 Å². The average Bonchev–Trinajstić information content (AvgIpc) is 2.78. The Balaban J connectivity index is 2.08. The van der Waals surface area contributed by atoms with Gasteiger partial charge in [0.05, 0.1) is 26.2 Å². The lowest BCUT2D eigenvalue weighted by atomic mass is 10.1. The molecular formula is C20H20N2O10S2. The summed E-state index contributed by atoms with van der Waals surface area (Å²) >= 11 is 0. The first-order chi connectivity index (χ1) is 16.0. The number of phenols is 1. The predicted octanol–water partition coefficient (Wildman–Crippen LogP) is 3.81. The van der Waals surface area contributed by atoms with Gasteiger partial charge in [-0.3, -0.25) is 0 Å². The topological polar surface area (TPSA) is 159 Å². The second-order valence-corrected chi connectivity index (χ2v) is 9.68. The third-order valence-electron chi connectivity index (χ3n) is 4.55. The first-order valence-electron chi connectivity index (χ1n) is 9.34. The van der Waals surface area contributed by atoms with E-state index in [1.54, 1.807) is 0 Å². The maximum Gasteiger partial charge on any atom is 0.323 e. The van der Waals surface area contributed by atoms with Crippen molar-refractivity contribution in [1.82, 2.24) is 0 Å². The molecule has 0 saturated carbocycles. The van der Waals surface area contributed by atoms with E-state index in [0.29, 0.717) is 10.8 Å². The highest BCUT2D eigenvalue weighted by molar-refractivity contribution is 7.87. The Morgan fingerprint density at radius 2 is 1.50 bits per heavy atom. The Hall–Kier alpha value is -3.14. The number of aryl methyl sites for hydroxylation is 1. The fourth-order valence-electron chi connectivity index (χ4n) is 3.06. The highest BCUT2D eigenvalue weighted by Gasteiger charge is 2.22. The molecule has 14 heteroatoms. The van der Waals surface area contributed by atoms with Crippen LogP contribution in [0, 0.1) is 6.92 Å². The molecule has 0 bridgehead atoms. The maximum atomic E-state index is 12.2. The third kappa shape index (κ3) is 5.16. The molecule has 0 fully saturated rings. The summed E-state index contributed by atoms with van der Waals surface area (Å²) in [6.07, 6.45) is 0. The van der Waals surface area contributed by atoms with Gasteiger partial charge in [-0.25, -0.2) is 9.78 Å². The zero-order valence-corrected chi connectivity index (χ0v) is 20.0. The fourth-order valence-corrected chi connectivity index (χ4v) is 4.79. The molecule has 3 rings (SSSR count). The van der Waals surface area contributed by atoms with Crippen LogP contribution in [0.2, 0.25) is 0 Å². The number of hydrogen-bond donors (Lipinski definition) is 1. The molecule has 0 amide bonds. The standard InChI is InChI=1S/C20H20N2O10S2/c1-12-9-16(18(28-2)11-19(12)34(26,27)32-30-4)21-22-20-15-7-6-14(33(24,25)31-29-3)10-13(15)5-8-17(20)23/h5-11,23H,1-4H3/b22-21+. The lowest BCUT2D eigenvalue weighted by Gasteiger charge is -2.11. The van der Waals surface area contributed by atoms with Crippen molar-refractivity contribution < 1.29 is 45.1 Å². The molecule has 0 saturated heterocycles. The molecule has 3 aromatic carbocycles. The van der Waals surface area contributed by atoms with E-state index in [4.69, 9.17) is 4.74 Å². The van der Waals surface area contributed by atoms with Crippen molar-refractivity contribution in [3.63, 3.8) is 0 Å². The van der Waals surface area contributed by atoms with Gasteiger partial charge in [0.1, 0.15) is 27.8 Å². The smallest absolute Gasteiger partial charge is 0.323 e. The summed E-state index contributed by atoms with van der Waals surface area (Å²) in [5.74, 6) is -0.152. The van der Waals surface area contributed by atoms with Crippen molar-refractivity contribution in [2.24, 2.45) is 10.2 Å². The lowest BCUT2D eigenvalue weighted by molar-refractivity contribution is -0.172. The molecule has 12 nitrogen and oxygen atoms in total. The summed E-state index contributed by atoms with van der Waals surface area (Å²) < 4.78 is 62.4. The van der Waals surface area contributed by atoms with Crippen LogP contribution >= 0.6 is 0 Å². The van der Waals surface area contributed by atoms with Gasteiger partial charge in [0.15, 0.2) is 0 Å². The van der Waals surface area contributed by atoms with Crippen molar-refractivity contribution >= 4 is 42.4 Å². The van der Waals surface area contributed by atoms with Crippen LogP contribution in [0.4, 0.5) is 11.4 Å². The van der Waals surface area contributed by atoms with Crippen LogP contribution in [0.5, 0.6) is 11.5 Å². The van der Waals surface area contributed by atoms with Gasteiger partial charge >= 0.3 is 20.2 Å². The largest absolute Gasteiger partial charge is 0.506 e. The normalized spacial score (nSPS) is 12.5. The Morgan fingerprint density at radius 1 is 0.824 bits per heavy atom. The Morgan fingerprint density at radius 3 is 2.15 bits per heavy atom. The lowest BCUT2D eigenvalue weighted by Crippen LogP contribution is -2.07. The van der Waals surface area contributed by atoms with Gasteiger partial charge in [0.2, 0.25) is 0 Å². The zero-order valence-electron chi connectivity index (χ0n) is 18.4. The summed E-state index contributed by atoms with van der Waals surface area (Å²) in [5, 5.41) is 19.3. The summed E-state index contributed by atoms with van der Waals surface area (Å²) in [6.45, 7) is 1.52. The summed E-state index contributed by atoms with van der Waals surface area (Å²) in [4.78, 5) is 8.17. The number of azo groups is 1. The van der Waals surface area contributed by atoms with Crippen molar-refractivity contribution in [1.29, 1.82) is 0 Å².